The third kappa shape index (κ3) is 8.61. The van der Waals surface area contributed by atoms with E-state index in [1.165, 1.54) is 13.3 Å². The molecule has 1 rings (SSSR count). The van der Waals surface area contributed by atoms with Gasteiger partial charge in [0.25, 0.3) is 0 Å². The molecule has 0 bridgehead atoms. The van der Waals surface area contributed by atoms with Crippen LogP contribution in [0, 0.1) is 23.7 Å². The van der Waals surface area contributed by atoms with Gasteiger partial charge in [-0.15, -0.1) is 0 Å². The van der Waals surface area contributed by atoms with Gasteiger partial charge in [-0.1, -0.05) is 48.8 Å². The molecule has 0 aromatic heterocycles. The predicted molar refractivity (Wildman–Crippen MR) is 130 cm³/mol. The highest BCUT2D eigenvalue weighted by molar-refractivity contribution is 8.77. The van der Waals surface area contributed by atoms with Crippen LogP contribution in [-0.4, -0.2) is 50.4 Å². The molecule has 1 amide bonds. The number of carbonyl (C=O) groups excluding carboxylic acids is 2. The van der Waals surface area contributed by atoms with Gasteiger partial charge in [0, 0.05) is 41.2 Å². The molecule has 3 N–H and O–H groups in total. The molecule has 0 radical (unpaired) electrons. The lowest BCUT2D eigenvalue weighted by Crippen LogP contribution is -2.45. The molecule has 32 heavy (non-hydrogen) atoms. The lowest BCUT2D eigenvalue weighted by atomic mass is 9.83. The third-order valence-corrected chi connectivity index (χ3v) is 10.3. The highest BCUT2D eigenvalue weighted by atomic mass is 33.1. The van der Waals surface area contributed by atoms with Gasteiger partial charge in [-0.05, 0) is 45.4 Å². The molecule has 184 valence electrons. The van der Waals surface area contributed by atoms with E-state index in [0.29, 0.717) is 12.3 Å². The van der Waals surface area contributed by atoms with Crippen LogP contribution in [0.1, 0.15) is 79.6 Å². The summed E-state index contributed by atoms with van der Waals surface area (Å²) in [5.74, 6) is -2.99. The molecule has 9 heteroatoms. The Labute approximate surface area is 199 Å². The molecular formula is C23H39NO6S2. The van der Waals surface area contributed by atoms with Gasteiger partial charge in [-0.2, -0.15) is 0 Å². The number of carboxylic acid groups (broad SMARTS) is 2. The zero-order valence-corrected chi connectivity index (χ0v) is 21.5. The van der Waals surface area contributed by atoms with Crippen molar-refractivity contribution in [1.29, 1.82) is 0 Å². The van der Waals surface area contributed by atoms with Crippen molar-refractivity contribution in [3.63, 3.8) is 0 Å². The van der Waals surface area contributed by atoms with Gasteiger partial charge in [-0.25, -0.2) is 0 Å². The summed E-state index contributed by atoms with van der Waals surface area (Å²) in [5, 5.41) is 20.9. The van der Waals surface area contributed by atoms with E-state index in [0.717, 1.165) is 25.0 Å². The van der Waals surface area contributed by atoms with E-state index < -0.39 is 41.6 Å². The van der Waals surface area contributed by atoms with Crippen LogP contribution < -0.4 is 5.32 Å². The maximum Gasteiger partial charge on any atom is 0.308 e. The number of hydrogen-bond acceptors (Lipinski definition) is 6. The first-order chi connectivity index (χ1) is 14.9. The van der Waals surface area contributed by atoms with E-state index >= 15 is 0 Å². The number of unbranched alkanes of at least 4 members (excludes halogenated alkanes) is 1. The number of aliphatic carboxylic acids is 2. The minimum absolute atomic E-state index is 0.0403. The van der Waals surface area contributed by atoms with Crippen molar-refractivity contribution >= 4 is 45.2 Å². The fourth-order valence-electron chi connectivity index (χ4n) is 3.99. The fraction of sp³-hybridized carbons (Fsp3) is 0.826. The Bertz CT molecular complexity index is 663. The Morgan fingerprint density at radius 2 is 1.62 bits per heavy atom. The normalized spacial score (nSPS) is 22.2. The van der Waals surface area contributed by atoms with E-state index in [9.17, 15) is 19.2 Å². The van der Waals surface area contributed by atoms with E-state index in [2.05, 4.69) is 19.2 Å². The Balaban J connectivity index is 2.67. The molecule has 7 nitrogen and oxygen atoms in total. The van der Waals surface area contributed by atoms with Crippen molar-refractivity contribution in [3.8, 4) is 0 Å². The van der Waals surface area contributed by atoms with Gasteiger partial charge >= 0.3 is 11.9 Å². The molecule has 1 fully saturated rings. The average Bonchev–Trinajstić information content (AvgIpc) is 3.20. The van der Waals surface area contributed by atoms with Crippen LogP contribution in [0.2, 0.25) is 0 Å². The smallest absolute Gasteiger partial charge is 0.308 e. The molecule has 5 atom stereocenters. The van der Waals surface area contributed by atoms with Gasteiger partial charge in [0.05, 0.1) is 5.92 Å². The first-order valence-corrected chi connectivity index (χ1v) is 13.8. The molecule has 0 aromatic rings. The summed E-state index contributed by atoms with van der Waals surface area (Å²) < 4.78 is 0.278. The molecule has 0 saturated carbocycles. The van der Waals surface area contributed by atoms with Gasteiger partial charge in [-0.3, -0.25) is 19.2 Å². The van der Waals surface area contributed by atoms with Gasteiger partial charge in [0.15, 0.2) is 0 Å². The van der Waals surface area contributed by atoms with E-state index in [1.807, 2.05) is 21.6 Å². The molecule has 0 spiro atoms. The van der Waals surface area contributed by atoms with Crippen molar-refractivity contribution in [3.05, 3.63) is 0 Å². The van der Waals surface area contributed by atoms with Crippen LogP contribution in [-0.2, 0) is 19.2 Å². The largest absolute Gasteiger partial charge is 0.481 e. The second-order valence-electron chi connectivity index (χ2n) is 9.30. The van der Waals surface area contributed by atoms with Crippen LogP contribution in [0.3, 0.4) is 0 Å². The summed E-state index contributed by atoms with van der Waals surface area (Å²) in [6, 6.07) is -0.622. The quantitative estimate of drug-likeness (QED) is 0.225. The van der Waals surface area contributed by atoms with Crippen LogP contribution in [0.15, 0.2) is 0 Å². The average molecular weight is 490 g/mol. The highest BCUT2D eigenvalue weighted by Crippen LogP contribution is 2.53. The second-order valence-corrected chi connectivity index (χ2v) is 12.1. The fourth-order valence-corrected chi connectivity index (χ4v) is 7.77. The summed E-state index contributed by atoms with van der Waals surface area (Å²) in [6.07, 6.45) is 4.15. The Kier molecular flexibility index (Phi) is 12.1. The third-order valence-electron chi connectivity index (χ3n) is 6.79. The van der Waals surface area contributed by atoms with Crippen molar-refractivity contribution in [1.82, 2.24) is 5.32 Å². The minimum atomic E-state index is -1.03. The van der Waals surface area contributed by atoms with E-state index in [4.69, 9.17) is 10.2 Å². The molecule has 0 aromatic carbocycles. The highest BCUT2D eigenvalue weighted by Gasteiger charge is 2.38. The molecule has 5 unspecified atom stereocenters. The maximum atomic E-state index is 12.8. The summed E-state index contributed by atoms with van der Waals surface area (Å²) in [7, 11) is 3.89. The lowest BCUT2D eigenvalue weighted by Gasteiger charge is -2.31. The zero-order valence-electron chi connectivity index (χ0n) is 19.9. The predicted octanol–water partition coefficient (Wildman–Crippen LogP) is 4.64. The SMILES string of the molecule is CC(NC(=O)C(CCC(=O)O)C(C)C(=O)CCCCC1(C(C)C)CCSS1)C(C)C(=O)O. The van der Waals surface area contributed by atoms with E-state index in [1.54, 1.807) is 13.8 Å². The van der Waals surface area contributed by atoms with Crippen molar-refractivity contribution < 1.29 is 29.4 Å². The number of ketones is 1. The number of hydrogen-bond donors (Lipinski definition) is 3. The zero-order chi connectivity index (χ0) is 24.5. The molecular weight excluding hydrogens is 450 g/mol. The minimum Gasteiger partial charge on any atom is -0.481 e. The topological polar surface area (TPSA) is 121 Å². The molecule has 1 saturated heterocycles. The number of rotatable bonds is 15. The van der Waals surface area contributed by atoms with Crippen molar-refractivity contribution in [2.45, 2.75) is 90.4 Å². The number of Topliss-reactive ketones (excluding diaryl/α,β-unsaturated/α-hetero) is 1. The van der Waals surface area contributed by atoms with Crippen LogP contribution >= 0.6 is 21.6 Å². The number of carbonyl (C=O) groups is 4. The summed E-state index contributed by atoms with van der Waals surface area (Å²) in [6.45, 7) is 9.28. The number of amides is 1. The molecule has 1 aliphatic heterocycles. The first kappa shape index (κ1) is 28.8. The van der Waals surface area contributed by atoms with Crippen molar-refractivity contribution in [2.75, 3.05) is 5.75 Å². The van der Waals surface area contributed by atoms with Crippen LogP contribution in [0.25, 0.3) is 0 Å². The van der Waals surface area contributed by atoms with Crippen molar-refractivity contribution in [2.24, 2.45) is 23.7 Å². The summed E-state index contributed by atoms with van der Waals surface area (Å²) in [4.78, 5) is 47.9. The lowest BCUT2D eigenvalue weighted by molar-refractivity contribution is -0.142. The first-order valence-electron chi connectivity index (χ1n) is 11.5. The monoisotopic (exact) mass is 489 g/mol. The number of carboxylic acids is 2. The standard InChI is InChI=1S/C23H39NO6S2/c1-14(2)23(12-13-31-32-23)11-7-6-8-19(25)16(4)18(9-10-20(26)27)21(28)24-17(5)15(3)22(29)30/h14-18H,6-13H2,1-5H3,(H,24,28)(H,26,27)(H,29,30). The van der Waals surface area contributed by atoms with Crippen LogP contribution in [0.4, 0.5) is 0 Å². The Morgan fingerprint density at radius 1 is 0.969 bits per heavy atom. The second kappa shape index (κ2) is 13.5. The van der Waals surface area contributed by atoms with Gasteiger partial charge < -0.3 is 15.5 Å². The van der Waals surface area contributed by atoms with E-state index in [-0.39, 0.29) is 23.4 Å². The number of nitrogens with one attached hydrogen (secondary N) is 1. The molecule has 1 heterocycles. The van der Waals surface area contributed by atoms with Gasteiger partial charge in [0.1, 0.15) is 5.78 Å². The molecule has 0 aliphatic carbocycles. The van der Waals surface area contributed by atoms with Crippen LogP contribution in [0.5, 0.6) is 0 Å². The summed E-state index contributed by atoms with van der Waals surface area (Å²) >= 11 is 0. The maximum absolute atomic E-state index is 12.8. The Hall–Kier alpha value is -1.22. The Morgan fingerprint density at radius 3 is 2.12 bits per heavy atom. The summed E-state index contributed by atoms with van der Waals surface area (Å²) in [5.41, 5.74) is 0. The molecule has 1 aliphatic rings. The van der Waals surface area contributed by atoms with Gasteiger partial charge in [0.2, 0.25) is 5.91 Å².